The molecule has 0 bridgehead atoms. The Kier molecular flexibility index (Phi) is 4.23. The molecule has 1 aromatic heterocycles. The number of anilines is 1. The third-order valence-corrected chi connectivity index (χ3v) is 3.11. The van der Waals surface area contributed by atoms with Gasteiger partial charge in [-0.25, -0.2) is 0 Å². The fraction of sp³-hybridized carbons (Fsp3) is 0.308. The summed E-state index contributed by atoms with van der Waals surface area (Å²) in [6.45, 7) is 3.11. The summed E-state index contributed by atoms with van der Waals surface area (Å²) in [6, 6.07) is 3.76. The average Bonchev–Trinajstić information content (AvgIpc) is 2.84. The van der Waals surface area contributed by atoms with E-state index in [0.717, 1.165) is 18.2 Å². The molecule has 0 saturated heterocycles. The first-order chi connectivity index (χ1) is 9.40. The molecular weight excluding hydrogens is 291 g/mol. The summed E-state index contributed by atoms with van der Waals surface area (Å²) in [4.78, 5) is 0. The van der Waals surface area contributed by atoms with Crippen molar-refractivity contribution in [2.45, 2.75) is 26.2 Å². The lowest BCUT2D eigenvalue weighted by atomic mass is 10.2. The molecule has 1 N–H and O–H groups in total. The Balaban J connectivity index is 2.10. The van der Waals surface area contributed by atoms with Gasteiger partial charge < -0.3 is 5.32 Å². The van der Waals surface area contributed by atoms with E-state index in [0.29, 0.717) is 12.2 Å². The lowest BCUT2D eigenvalue weighted by Gasteiger charge is -2.12. The van der Waals surface area contributed by atoms with Gasteiger partial charge in [-0.2, -0.15) is 18.3 Å². The average molecular weight is 304 g/mol. The maximum Gasteiger partial charge on any atom is 0.417 e. The van der Waals surface area contributed by atoms with E-state index in [4.69, 9.17) is 11.6 Å². The van der Waals surface area contributed by atoms with E-state index in [1.165, 1.54) is 12.1 Å². The predicted molar refractivity (Wildman–Crippen MR) is 71.7 cm³/mol. The summed E-state index contributed by atoms with van der Waals surface area (Å²) in [5, 5.41) is 6.72. The van der Waals surface area contributed by atoms with Gasteiger partial charge in [-0.1, -0.05) is 11.6 Å². The third kappa shape index (κ3) is 3.45. The summed E-state index contributed by atoms with van der Waals surface area (Å²) in [5.41, 5.74) is 0.426. The quantitative estimate of drug-likeness (QED) is 0.918. The van der Waals surface area contributed by atoms with E-state index >= 15 is 0 Å². The molecule has 0 aliphatic heterocycles. The molecule has 0 aliphatic rings. The van der Waals surface area contributed by atoms with Crippen LogP contribution in [0.3, 0.4) is 0 Å². The Labute approximate surface area is 119 Å². The van der Waals surface area contributed by atoms with Crippen LogP contribution in [0.15, 0.2) is 30.6 Å². The van der Waals surface area contributed by atoms with E-state index in [2.05, 4.69) is 10.4 Å². The van der Waals surface area contributed by atoms with Gasteiger partial charge in [0.15, 0.2) is 0 Å². The molecule has 1 aromatic carbocycles. The Morgan fingerprint density at radius 1 is 1.35 bits per heavy atom. The number of benzene rings is 1. The lowest BCUT2D eigenvalue weighted by Crippen LogP contribution is -2.07. The van der Waals surface area contributed by atoms with Crippen molar-refractivity contribution in [3.05, 3.63) is 46.7 Å². The Morgan fingerprint density at radius 3 is 2.70 bits per heavy atom. The van der Waals surface area contributed by atoms with Crippen LogP contribution in [0.1, 0.15) is 18.1 Å². The number of hydrogen-bond acceptors (Lipinski definition) is 2. The Morgan fingerprint density at radius 2 is 2.10 bits per heavy atom. The van der Waals surface area contributed by atoms with Gasteiger partial charge in [0.25, 0.3) is 0 Å². The first-order valence-corrected chi connectivity index (χ1v) is 6.40. The van der Waals surface area contributed by atoms with Crippen LogP contribution in [-0.4, -0.2) is 9.78 Å². The van der Waals surface area contributed by atoms with Gasteiger partial charge in [0, 0.05) is 30.5 Å². The number of alkyl halides is 3. The summed E-state index contributed by atoms with van der Waals surface area (Å²) < 4.78 is 39.9. The van der Waals surface area contributed by atoms with E-state index in [1.807, 2.05) is 13.1 Å². The zero-order valence-electron chi connectivity index (χ0n) is 10.7. The van der Waals surface area contributed by atoms with Crippen molar-refractivity contribution in [3.63, 3.8) is 0 Å². The minimum absolute atomic E-state index is 0.304. The van der Waals surface area contributed by atoms with Crippen LogP contribution in [0.25, 0.3) is 0 Å². The molecule has 1 heterocycles. The normalized spacial score (nSPS) is 11.7. The third-order valence-electron chi connectivity index (χ3n) is 2.78. The molecule has 7 heteroatoms. The van der Waals surface area contributed by atoms with Gasteiger partial charge in [-0.05, 0) is 25.1 Å². The summed E-state index contributed by atoms with van der Waals surface area (Å²) >= 11 is 5.56. The van der Waals surface area contributed by atoms with Gasteiger partial charge in [0.1, 0.15) is 0 Å². The molecule has 0 saturated carbocycles. The molecule has 0 amide bonds. The Bertz CT molecular complexity index is 593. The second-order valence-electron chi connectivity index (χ2n) is 4.25. The van der Waals surface area contributed by atoms with Gasteiger partial charge in [0.05, 0.1) is 16.8 Å². The zero-order valence-corrected chi connectivity index (χ0v) is 11.5. The molecular formula is C13H13ClF3N3. The molecule has 0 aliphatic carbocycles. The molecule has 0 unspecified atom stereocenters. The molecule has 0 atom stereocenters. The molecule has 2 aromatic rings. The summed E-state index contributed by atoms with van der Waals surface area (Å²) in [6.07, 6.45) is -0.938. The minimum Gasteiger partial charge on any atom is -0.381 e. The van der Waals surface area contributed by atoms with Crippen molar-refractivity contribution in [3.8, 4) is 0 Å². The predicted octanol–water partition coefficient (Wildman–Crippen LogP) is 4.19. The summed E-state index contributed by atoms with van der Waals surface area (Å²) in [7, 11) is 0. The highest BCUT2D eigenvalue weighted by molar-refractivity contribution is 6.31. The number of aromatic nitrogens is 2. The highest BCUT2D eigenvalue weighted by Gasteiger charge is 2.33. The van der Waals surface area contributed by atoms with Crippen LogP contribution in [0.2, 0.25) is 5.02 Å². The topological polar surface area (TPSA) is 29.9 Å². The van der Waals surface area contributed by atoms with Gasteiger partial charge in [0.2, 0.25) is 0 Å². The Hall–Kier alpha value is -1.69. The zero-order chi connectivity index (χ0) is 14.8. The van der Waals surface area contributed by atoms with E-state index in [1.54, 1.807) is 10.9 Å². The van der Waals surface area contributed by atoms with E-state index in [9.17, 15) is 13.2 Å². The minimum atomic E-state index is -4.46. The van der Waals surface area contributed by atoms with Crippen molar-refractivity contribution < 1.29 is 13.2 Å². The van der Waals surface area contributed by atoms with Crippen molar-refractivity contribution >= 4 is 17.3 Å². The highest BCUT2D eigenvalue weighted by Crippen LogP contribution is 2.36. The molecule has 0 fully saturated rings. The summed E-state index contributed by atoms with van der Waals surface area (Å²) in [5.74, 6) is 0. The van der Waals surface area contributed by atoms with Gasteiger partial charge in [-0.3, -0.25) is 4.68 Å². The standard InChI is InChI=1S/C13H13ClF3N3/c1-2-20-8-9(7-19-20)6-18-10-3-4-12(14)11(5-10)13(15,16)17/h3-5,7-8,18H,2,6H2,1H3. The second kappa shape index (κ2) is 5.75. The molecule has 108 valence electrons. The smallest absolute Gasteiger partial charge is 0.381 e. The fourth-order valence-electron chi connectivity index (χ4n) is 1.73. The SMILES string of the molecule is CCn1cc(CNc2ccc(Cl)c(C(F)(F)F)c2)cn1. The molecule has 0 radical (unpaired) electrons. The van der Waals surface area contributed by atoms with Crippen molar-refractivity contribution in [1.29, 1.82) is 0 Å². The molecule has 0 spiro atoms. The second-order valence-corrected chi connectivity index (χ2v) is 4.66. The van der Waals surface area contributed by atoms with Crippen LogP contribution in [-0.2, 0) is 19.3 Å². The molecule has 2 rings (SSSR count). The molecule has 3 nitrogen and oxygen atoms in total. The monoisotopic (exact) mass is 303 g/mol. The maximum absolute atomic E-state index is 12.7. The van der Waals surface area contributed by atoms with Crippen LogP contribution in [0.5, 0.6) is 0 Å². The number of halogens is 4. The van der Waals surface area contributed by atoms with Gasteiger partial charge >= 0.3 is 6.18 Å². The number of rotatable bonds is 4. The number of hydrogen-bond donors (Lipinski definition) is 1. The first kappa shape index (κ1) is 14.7. The van der Waals surface area contributed by atoms with E-state index in [-0.39, 0.29) is 5.02 Å². The fourth-order valence-corrected chi connectivity index (χ4v) is 1.95. The number of nitrogens with one attached hydrogen (secondary N) is 1. The maximum atomic E-state index is 12.7. The molecule has 20 heavy (non-hydrogen) atoms. The van der Waals surface area contributed by atoms with Crippen LogP contribution in [0.4, 0.5) is 18.9 Å². The van der Waals surface area contributed by atoms with Crippen LogP contribution >= 0.6 is 11.6 Å². The van der Waals surface area contributed by atoms with E-state index < -0.39 is 11.7 Å². The largest absolute Gasteiger partial charge is 0.417 e. The number of aryl methyl sites for hydroxylation is 1. The van der Waals surface area contributed by atoms with Crippen molar-refractivity contribution in [2.75, 3.05) is 5.32 Å². The van der Waals surface area contributed by atoms with Gasteiger partial charge in [-0.15, -0.1) is 0 Å². The first-order valence-electron chi connectivity index (χ1n) is 6.02. The highest BCUT2D eigenvalue weighted by atomic mass is 35.5. The lowest BCUT2D eigenvalue weighted by molar-refractivity contribution is -0.137. The van der Waals surface area contributed by atoms with Crippen LogP contribution in [0, 0.1) is 0 Å². The number of nitrogens with zero attached hydrogens (tertiary/aromatic N) is 2. The van der Waals surface area contributed by atoms with Crippen LogP contribution < -0.4 is 5.32 Å². The van der Waals surface area contributed by atoms with Crippen molar-refractivity contribution in [2.24, 2.45) is 0 Å². The van der Waals surface area contributed by atoms with Crippen molar-refractivity contribution in [1.82, 2.24) is 9.78 Å².